The third-order valence-corrected chi connectivity index (χ3v) is 2.91. The van der Waals surface area contributed by atoms with Gasteiger partial charge in [-0.2, -0.15) is 0 Å². The average Bonchev–Trinajstić information content (AvgIpc) is 2.01. The summed E-state index contributed by atoms with van der Waals surface area (Å²) >= 11 is 0. The fourth-order valence-corrected chi connectivity index (χ4v) is 2.25. The highest BCUT2D eigenvalue weighted by Gasteiger charge is 2.20. The maximum Gasteiger partial charge on any atom is 0.179 e. The lowest BCUT2D eigenvalue weighted by molar-refractivity contribution is 0.101. The molecule has 0 unspecified atom stereocenters. The Hall–Kier alpha value is -1.36. The number of rotatable bonds is 2. The zero-order valence-electron chi connectivity index (χ0n) is 7.81. The van der Waals surface area contributed by atoms with Crippen molar-refractivity contribution in [1.82, 2.24) is 0 Å². The zero-order valence-corrected chi connectivity index (χ0v) is 8.63. The molecule has 0 fully saturated rings. The van der Waals surface area contributed by atoms with Gasteiger partial charge in [0, 0.05) is 11.8 Å². The highest BCUT2D eigenvalue weighted by Crippen LogP contribution is 2.26. The lowest BCUT2D eigenvalue weighted by Gasteiger charge is -2.06. The van der Waals surface area contributed by atoms with Crippen molar-refractivity contribution in [2.24, 2.45) is 0 Å². The molecule has 0 bridgehead atoms. The maximum absolute atomic E-state index is 11.3. The second-order valence-corrected chi connectivity index (χ2v) is 4.93. The first kappa shape index (κ1) is 10.7. The van der Waals surface area contributed by atoms with E-state index in [0.717, 1.165) is 6.26 Å². The molecule has 0 aliphatic rings. The van der Waals surface area contributed by atoms with Gasteiger partial charge < -0.3 is 5.11 Å². The van der Waals surface area contributed by atoms with Crippen LogP contribution in [0.3, 0.4) is 0 Å². The van der Waals surface area contributed by atoms with Gasteiger partial charge in [0.25, 0.3) is 0 Å². The minimum atomic E-state index is -3.58. The van der Waals surface area contributed by atoms with Crippen LogP contribution in [0.4, 0.5) is 0 Å². The van der Waals surface area contributed by atoms with Crippen molar-refractivity contribution in [2.75, 3.05) is 6.26 Å². The SMILES string of the molecule is CC(=O)c1cccc(O)c1S(C)(=O)=O. The molecule has 14 heavy (non-hydrogen) atoms. The molecule has 0 saturated heterocycles. The van der Waals surface area contributed by atoms with E-state index in [1.807, 2.05) is 0 Å². The Kier molecular flexibility index (Phi) is 2.62. The first-order valence-corrected chi connectivity index (χ1v) is 5.76. The van der Waals surface area contributed by atoms with Crippen LogP contribution in [0, 0.1) is 0 Å². The van der Waals surface area contributed by atoms with Crippen molar-refractivity contribution in [3.63, 3.8) is 0 Å². The smallest absolute Gasteiger partial charge is 0.179 e. The van der Waals surface area contributed by atoms with Crippen LogP contribution in [0.15, 0.2) is 23.1 Å². The molecule has 0 aliphatic carbocycles. The topological polar surface area (TPSA) is 71.4 Å². The highest BCUT2D eigenvalue weighted by molar-refractivity contribution is 7.90. The number of hydrogen-bond donors (Lipinski definition) is 1. The molecular weight excluding hydrogens is 204 g/mol. The molecule has 0 radical (unpaired) electrons. The molecule has 5 heteroatoms. The van der Waals surface area contributed by atoms with E-state index < -0.39 is 9.84 Å². The fraction of sp³-hybridized carbons (Fsp3) is 0.222. The fourth-order valence-electron chi connectivity index (χ4n) is 1.19. The Bertz CT molecular complexity index is 474. The Balaban J connectivity index is 3.62. The summed E-state index contributed by atoms with van der Waals surface area (Å²) in [5.74, 6) is -0.776. The van der Waals surface area contributed by atoms with E-state index in [-0.39, 0.29) is 22.0 Å². The van der Waals surface area contributed by atoms with Crippen LogP contribution in [0.1, 0.15) is 17.3 Å². The summed E-state index contributed by atoms with van der Waals surface area (Å²) in [5, 5.41) is 9.34. The monoisotopic (exact) mass is 214 g/mol. The summed E-state index contributed by atoms with van der Waals surface area (Å²) in [6, 6.07) is 4.04. The van der Waals surface area contributed by atoms with Gasteiger partial charge in [-0.05, 0) is 19.1 Å². The zero-order chi connectivity index (χ0) is 10.9. The van der Waals surface area contributed by atoms with Crippen LogP contribution in [0.2, 0.25) is 0 Å². The van der Waals surface area contributed by atoms with Crippen LogP contribution in [0.5, 0.6) is 5.75 Å². The number of phenolic OH excluding ortho intramolecular Hbond substituents is 1. The summed E-state index contributed by atoms with van der Waals surface area (Å²) < 4.78 is 22.5. The first-order valence-electron chi connectivity index (χ1n) is 3.87. The molecule has 0 saturated carbocycles. The largest absolute Gasteiger partial charge is 0.507 e. The van der Waals surface area contributed by atoms with Gasteiger partial charge in [-0.1, -0.05) is 6.07 Å². The summed E-state index contributed by atoms with van der Waals surface area (Å²) in [4.78, 5) is 10.8. The summed E-state index contributed by atoms with van der Waals surface area (Å²) in [6.45, 7) is 1.25. The molecule has 1 aromatic rings. The molecule has 4 nitrogen and oxygen atoms in total. The van der Waals surface area contributed by atoms with Gasteiger partial charge in [0.15, 0.2) is 15.6 Å². The molecule has 0 aromatic heterocycles. The van der Waals surface area contributed by atoms with Crippen LogP contribution < -0.4 is 0 Å². The standard InChI is InChI=1S/C9H10O4S/c1-6(10)7-4-3-5-8(11)9(7)14(2,12)13/h3-5,11H,1-2H3. The third kappa shape index (κ3) is 1.93. The van der Waals surface area contributed by atoms with Crippen LogP contribution in [-0.4, -0.2) is 25.6 Å². The number of carbonyl (C=O) groups excluding carboxylic acids is 1. The van der Waals surface area contributed by atoms with E-state index in [9.17, 15) is 18.3 Å². The average molecular weight is 214 g/mol. The van der Waals surface area contributed by atoms with E-state index in [1.54, 1.807) is 0 Å². The van der Waals surface area contributed by atoms with Gasteiger partial charge in [-0.25, -0.2) is 8.42 Å². The van der Waals surface area contributed by atoms with Crippen LogP contribution in [-0.2, 0) is 9.84 Å². The molecule has 0 amide bonds. The number of ketones is 1. The van der Waals surface area contributed by atoms with E-state index in [2.05, 4.69) is 0 Å². The summed E-state index contributed by atoms with van der Waals surface area (Å²) in [6.07, 6.45) is 0.953. The lowest BCUT2D eigenvalue weighted by atomic mass is 10.1. The maximum atomic E-state index is 11.3. The second-order valence-electron chi connectivity index (χ2n) is 2.98. The van der Waals surface area contributed by atoms with E-state index >= 15 is 0 Å². The molecule has 76 valence electrons. The van der Waals surface area contributed by atoms with Crippen molar-refractivity contribution in [3.05, 3.63) is 23.8 Å². The van der Waals surface area contributed by atoms with E-state index in [1.165, 1.54) is 25.1 Å². The molecule has 0 aliphatic heterocycles. The van der Waals surface area contributed by atoms with Gasteiger partial charge in [0.05, 0.1) is 0 Å². The summed E-state index contributed by atoms with van der Waals surface area (Å²) in [7, 11) is -3.58. The second kappa shape index (κ2) is 3.42. The molecule has 1 N–H and O–H groups in total. The van der Waals surface area contributed by atoms with Crippen molar-refractivity contribution >= 4 is 15.6 Å². The van der Waals surface area contributed by atoms with Crippen LogP contribution >= 0.6 is 0 Å². The quantitative estimate of drug-likeness (QED) is 0.745. The van der Waals surface area contributed by atoms with Crippen LogP contribution in [0.25, 0.3) is 0 Å². The Morgan fingerprint density at radius 3 is 2.29 bits per heavy atom. The van der Waals surface area contributed by atoms with Gasteiger partial charge in [0.1, 0.15) is 10.6 Å². The summed E-state index contributed by atoms with van der Waals surface area (Å²) in [5.41, 5.74) is 0.0208. The van der Waals surface area contributed by atoms with Gasteiger partial charge in [-0.3, -0.25) is 4.79 Å². The molecule has 1 aromatic carbocycles. The number of sulfone groups is 1. The van der Waals surface area contributed by atoms with Crippen molar-refractivity contribution in [1.29, 1.82) is 0 Å². The third-order valence-electron chi connectivity index (χ3n) is 1.74. The molecule has 1 rings (SSSR count). The normalized spacial score (nSPS) is 11.3. The Morgan fingerprint density at radius 1 is 1.36 bits per heavy atom. The number of hydrogen-bond acceptors (Lipinski definition) is 4. The molecule has 0 heterocycles. The lowest BCUT2D eigenvalue weighted by Crippen LogP contribution is -2.05. The Labute approximate surface area is 82.1 Å². The number of phenols is 1. The van der Waals surface area contributed by atoms with E-state index in [4.69, 9.17) is 0 Å². The number of aromatic hydroxyl groups is 1. The van der Waals surface area contributed by atoms with Gasteiger partial charge >= 0.3 is 0 Å². The first-order chi connectivity index (χ1) is 6.34. The Morgan fingerprint density at radius 2 is 1.93 bits per heavy atom. The molecule has 0 spiro atoms. The number of benzene rings is 1. The number of carbonyl (C=O) groups is 1. The van der Waals surface area contributed by atoms with Crippen molar-refractivity contribution in [3.8, 4) is 5.75 Å². The van der Waals surface area contributed by atoms with Crippen molar-refractivity contribution < 1.29 is 18.3 Å². The minimum absolute atomic E-state index is 0.0208. The highest BCUT2D eigenvalue weighted by atomic mass is 32.2. The van der Waals surface area contributed by atoms with Gasteiger partial charge in [0.2, 0.25) is 0 Å². The van der Waals surface area contributed by atoms with Crippen molar-refractivity contribution in [2.45, 2.75) is 11.8 Å². The number of Topliss-reactive ketones (excluding diaryl/α,β-unsaturated/α-hetero) is 1. The minimum Gasteiger partial charge on any atom is -0.507 e. The van der Waals surface area contributed by atoms with Gasteiger partial charge in [-0.15, -0.1) is 0 Å². The predicted molar refractivity (Wildman–Crippen MR) is 51.2 cm³/mol. The predicted octanol–water partition coefficient (Wildman–Crippen LogP) is 0.998. The molecular formula is C9H10O4S. The van der Waals surface area contributed by atoms with E-state index in [0.29, 0.717) is 0 Å². The molecule has 0 atom stereocenters.